The predicted octanol–water partition coefficient (Wildman–Crippen LogP) is 1.19. The molecule has 0 bridgehead atoms. The van der Waals surface area contributed by atoms with Crippen LogP contribution in [0, 0.1) is 0 Å². The molecule has 0 amide bonds. The molecule has 0 radical (unpaired) electrons. The molecule has 2 heterocycles. The van der Waals surface area contributed by atoms with Crippen molar-refractivity contribution >= 4 is 17.2 Å². The number of rotatable bonds is 3. The van der Waals surface area contributed by atoms with Crippen LogP contribution in [-0.2, 0) is 0 Å². The number of aromatic nitrogens is 1. The SMILES string of the molecule is CN1CCC(Oc2ccnc(C(N)=S)c2)CC1. The van der Waals surface area contributed by atoms with Crippen LogP contribution in [0.4, 0.5) is 0 Å². The number of piperidine rings is 1. The molecule has 5 heteroatoms. The van der Waals surface area contributed by atoms with Crippen molar-refractivity contribution < 1.29 is 4.74 Å². The summed E-state index contributed by atoms with van der Waals surface area (Å²) in [4.78, 5) is 6.71. The van der Waals surface area contributed by atoms with E-state index >= 15 is 0 Å². The van der Waals surface area contributed by atoms with E-state index in [1.165, 1.54) is 0 Å². The summed E-state index contributed by atoms with van der Waals surface area (Å²) in [5.41, 5.74) is 6.16. The molecule has 1 aliphatic rings. The fraction of sp³-hybridized carbons (Fsp3) is 0.500. The second-order valence-corrected chi connectivity index (χ2v) is 4.80. The highest BCUT2D eigenvalue weighted by atomic mass is 32.1. The Hall–Kier alpha value is -1.20. The summed E-state index contributed by atoms with van der Waals surface area (Å²) >= 11 is 4.89. The Morgan fingerprint density at radius 2 is 2.24 bits per heavy atom. The molecule has 0 aromatic carbocycles. The highest BCUT2D eigenvalue weighted by molar-refractivity contribution is 7.80. The molecule has 0 unspecified atom stereocenters. The van der Waals surface area contributed by atoms with E-state index in [1.807, 2.05) is 6.07 Å². The Labute approximate surface area is 107 Å². The van der Waals surface area contributed by atoms with E-state index in [9.17, 15) is 0 Å². The lowest BCUT2D eigenvalue weighted by atomic mass is 10.1. The van der Waals surface area contributed by atoms with Crippen LogP contribution in [0.3, 0.4) is 0 Å². The van der Waals surface area contributed by atoms with E-state index in [0.717, 1.165) is 31.7 Å². The van der Waals surface area contributed by atoms with Gasteiger partial charge in [0.25, 0.3) is 0 Å². The number of nitrogens with zero attached hydrogens (tertiary/aromatic N) is 2. The Morgan fingerprint density at radius 3 is 2.88 bits per heavy atom. The van der Waals surface area contributed by atoms with Crippen LogP contribution in [-0.4, -0.2) is 41.1 Å². The average Bonchev–Trinajstić information content (AvgIpc) is 2.32. The van der Waals surface area contributed by atoms with Gasteiger partial charge in [0.2, 0.25) is 0 Å². The quantitative estimate of drug-likeness (QED) is 0.818. The van der Waals surface area contributed by atoms with Gasteiger partial charge in [0.1, 0.15) is 22.5 Å². The third kappa shape index (κ3) is 3.38. The molecule has 92 valence electrons. The Balaban J connectivity index is 1.98. The molecule has 1 aromatic rings. The third-order valence-corrected chi connectivity index (χ3v) is 3.16. The summed E-state index contributed by atoms with van der Waals surface area (Å²) in [6.07, 6.45) is 4.08. The molecule has 4 nitrogen and oxygen atoms in total. The number of thiocarbonyl (C=S) groups is 1. The maximum absolute atomic E-state index is 5.91. The van der Waals surface area contributed by atoms with Gasteiger partial charge < -0.3 is 15.4 Å². The smallest absolute Gasteiger partial charge is 0.123 e. The zero-order valence-corrected chi connectivity index (χ0v) is 10.7. The normalized spacial score (nSPS) is 17.9. The summed E-state index contributed by atoms with van der Waals surface area (Å²) in [7, 11) is 2.13. The van der Waals surface area contributed by atoms with Crippen molar-refractivity contribution in [2.45, 2.75) is 18.9 Å². The van der Waals surface area contributed by atoms with Gasteiger partial charge in [-0.1, -0.05) is 12.2 Å². The van der Waals surface area contributed by atoms with Crippen molar-refractivity contribution in [3.63, 3.8) is 0 Å². The summed E-state index contributed by atoms with van der Waals surface area (Å²) in [5.74, 6) is 0.803. The van der Waals surface area contributed by atoms with Crippen molar-refractivity contribution in [2.24, 2.45) is 5.73 Å². The van der Waals surface area contributed by atoms with Crippen LogP contribution in [0.25, 0.3) is 0 Å². The molecule has 2 N–H and O–H groups in total. The maximum Gasteiger partial charge on any atom is 0.123 e. The Kier molecular flexibility index (Phi) is 3.91. The van der Waals surface area contributed by atoms with E-state index < -0.39 is 0 Å². The van der Waals surface area contributed by atoms with Gasteiger partial charge in [-0.15, -0.1) is 0 Å². The Morgan fingerprint density at radius 1 is 1.53 bits per heavy atom. The largest absolute Gasteiger partial charge is 0.490 e. The minimum absolute atomic E-state index is 0.285. The molecule has 1 aliphatic heterocycles. The predicted molar refractivity (Wildman–Crippen MR) is 71.3 cm³/mol. The second-order valence-electron chi connectivity index (χ2n) is 4.36. The zero-order chi connectivity index (χ0) is 12.3. The molecule has 1 fully saturated rings. The van der Waals surface area contributed by atoms with E-state index in [0.29, 0.717) is 10.7 Å². The lowest BCUT2D eigenvalue weighted by Gasteiger charge is -2.29. The molecule has 0 aliphatic carbocycles. The minimum Gasteiger partial charge on any atom is -0.490 e. The topological polar surface area (TPSA) is 51.4 Å². The first-order chi connectivity index (χ1) is 8.15. The highest BCUT2D eigenvalue weighted by Crippen LogP contribution is 2.18. The number of hydrogen-bond donors (Lipinski definition) is 1. The minimum atomic E-state index is 0.285. The monoisotopic (exact) mass is 251 g/mol. The fourth-order valence-electron chi connectivity index (χ4n) is 1.91. The van der Waals surface area contributed by atoms with E-state index in [2.05, 4.69) is 16.9 Å². The van der Waals surface area contributed by atoms with Gasteiger partial charge in [-0.25, -0.2) is 0 Å². The molecule has 0 saturated carbocycles. The number of nitrogens with two attached hydrogens (primary N) is 1. The van der Waals surface area contributed by atoms with Crippen molar-refractivity contribution in [1.82, 2.24) is 9.88 Å². The maximum atomic E-state index is 5.91. The molecular weight excluding hydrogens is 234 g/mol. The van der Waals surface area contributed by atoms with Crippen LogP contribution >= 0.6 is 12.2 Å². The van der Waals surface area contributed by atoms with Crippen LogP contribution in [0.1, 0.15) is 18.5 Å². The van der Waals surface area contributed by atoms with Crippen molar-refractivity contribution in [3.05, 3.63) is 24.0 Å². The lowest BCUT2D eigenvalue weighted by molar-refractivity contribution is 0.114. The van der Waals surface area contributed by atoms with Crippen LogP contribution in [0.2, 0.25) is 0 Å². The summed E-state index contributed by atoms with van der Waals surface area (Å²) in [5, 5.41) is 0. The van der Waals surface area contributed by atoms with Gasteiger partial charge in [-0.05, 0) is 26.0 Å². The summed E-state index contributed by atoms with van der Waals surface area (Å²) in [6.45, 7) is 2.16. The first-order valence-corrected chi connectivity index (χ1v) is 6.17. The van der Waals surface area contributed by atoms with Gasteiger partial charge >= 0.3 is 0 Å². The first-order valence-electron chi connectivity index (χ1n) is 5.76. The number of ether oxygens (including phenoxy) is 1. The average molecular weight is 251 g/mol. The number of pyridine rings is 1. The molecule has 0 spiro atoms. The summed E-state index contributed by atoms with van der Waals surface area (Å²) < 4.78 is 5.91. The lowest BCUT2D eigenvalue weighted by Crippen LogP contribution is -2.35. The molecule has 17 heavy (non-hydrogen) atoms. The van der Waals surface area contributed by atoms with E-state index in [1.54, 1.807) is 12.3 Å². The van der Waals surface area contributed by atoms with Gasteiger partial charge in [0.05, 0.1) is 0 Å². The van der Waals surface area contributed by atoms with Crippen LogP contribution < -0.4 is 10.5 Å². The van der Waals surface area contributed by atoms with Gasteiger partial charge in [0, 0.05) is 25.4 Å². The van der Waals surface area contributed by atoms with Crippen molar-refractivity contribution in [1.29, 1.82) is 0 Å². The van der Waals surface area contributed by atoms with Crippen LogP contribution in [0.5, 0.6) is 5.75 Å². The first kappa shape index (κ1) is 12.3. The Bertz CT molecular complexity index is 402. The van der Waals surface area contributed by atoms with E-state index in [4.69, 9.17) is 22.7 Å². The second kappa shape index (κ2) is 5.42. The molecule has 2 rings (SSSR count). The van der Waals surface area contributed by atoms with Gasteiger partial charge in [0.15, 0.2) is 0 Å². The highest BCUT2D eigenvalue weighted by Gasteiger charge is 2.18. The molecular formula is C12H17N3OS. The van der Waals surface area contributed by atoms with Gasteiger partial charge in [-0.3, -0.25) is 4.98 Å². The zero-order valence-electron chi connectivity index (χ0n) is 9.93. The summed E-state index contributed by atoms with van der Waals surface area (Å²) in [6, 6.07) is 3.65. The van der Waals surface area contributed by atoms with E-state index in [-0.39, 0.29) is 6.10 Å². The van der Waals surface area contributed by atoms with Gasteiger partial charge in [-0.2, -0.15) is 0 Å². The van der Waals surface area contributed by atoms with Crippen molar-refractivity contribution in [3.8, 4) is 5.75 Å². The molecule has 1 saturated heterocycles. The van der Waals surface area contributed by atoms with Crippen molar-refractivity contribution in [2.75, 3.05) is 20.1 Å². The number of hydrogen-bond acceptors (Lipinski definition) is 4. The molecule has 0 atom stereocenters. The standard InChI is InChI=1S/C12H17N3OS/c1-15-6-3-9(4-7-15)16-10-2-5-14-11(8-10)12(13)17/h2,5,8-9H,3-4,6-7H2,1H3,(H2,13,17). The third-order valence-electron chi connectivity index (χ3n) is 2.95. The molecule has 1 aromatic heterocycles. The van der Waals surface area contributed by atoms with Crippen LogP contribution in [0.15, 0.2) is 18.3 Å². The number of likely N-dealkylation sites (tertiary alicyclic amines) is 1. The fourth-order valence-corrected chi connectivity index (χ4v) is 2.03.